The Balaban J connectivity index is 2.34. The lowest BCUT2D eigenvalue weighted by Gasteiger charge is -2.10. The number of benzene rings is 2. The zero-order chi connectivity index (χ0) is 14.7. The Morgan fingerprint density at radius 2 is 2.00 bits per heavy atom. The monoisotopic (exact) mass is 293 g/mol. The molecular weight excluding hydrogens is 282 g/mol. The summed E-state index contributed by atoms with van der Waals surface area (Å²) in [5.41, 5.74) is 1.48. The van der Waals surface area contributed by atoms with Crippen LogP contribution in [-0.4, -0.2) is 10.0 Å². The first kappa shape index (κ1) is 14.3. The molecule has 0 heterocycles. The predicted octanol–water partition coefficient (Wildman–Crippen LogP) is 3.84. The standard InChI is InChI=1S/C14H12ClNO4/c1-9-6-10(8-17)2-5-13(9)20-14-7-11(16(18)19)3-4-12(14)15/h2-7,17H,8H2,1H3. The molecule has 2 aromatic rings. The number of nitro benzene ring substituents is 1. The van der Waals surface area contributed by atoms with Gasteiger partial charge in [0, 0.05) is 6.07 Å². The minimum atomic E-state index is -0.509. The first-order valence-corrected chi connectivity index (χ1v) is 6.21. The van der Waals surface area contributed by atoms with Crippen LogP contribution in [0.2, 0.25) is 5.02 Å². The van der Waals surface area contributed by atoms with Gasteiger partial charge < -0.3 is 9.84 Å². The Kier molecular flexibility index (Phi) is 4.22. The summed E-state index contributed by atoms with van der Waals surface area (Å²) in [6.07, 6.45) is 0. The van der Waals surface area contributed by atoms with Crippen molar-refractivity contribution in [3.05, 3.63) is 62.7 Å². The zero-order valence-electron chi connectivity index (χ0n) is 10.7. The van der Waals surface area contributed by atoms with Gasteiger partial charge in [0.05, 0.1) is 22.6 Å². The molecule has 2 aromatic carbocycles. The van der Waals surface area contributed by atoms with Gasteiger partial charge in [0.25, 0.3) is 5.69 Å². The maximum atomic E-state index is 10.7. The van der Waals surface area contributed by atoms with E-state index in [1.807, 2.05) is 6.92 Å². The van der Waals surface area contributed by atoms with Crippen LogP contribution in [0.1, 0.15) is 11.1 Å². The number of nitrogens with zero attached hydrogens (tertiary/aromatic N) is 1. The molecule has 0 amide bonds. The fraction of sp³-hybridized carbons (Fsp3) is 0.143. The van der Waals surface area contributed by atoms with Crippen molar-refractivity contribution in [1.29, 1.82) is 0 Å². The van der Waals surface area contributed by atoms with Gasteiger partial charge in [-0.1, -0.05) is 23.7 Å². The summed E-state index contributed by atoms with van der Waals surface area (Å²) >= 11 is 5.97. The van der Waals surface area contributed by atoms with Crippen LogP contribution < -0.4 is 4.74 Å². The number of nitro groups is 1. The van der Waals surface area contributed by atoms with Crippen molar-refractivity contribution in [2.24, 2.45) is 0 Å². The molecule has 0 saturated carbocycles. The van der Waals surface area contributed by atoms with E-state index in [2.05, 4.69) is 0 Å². The third kappa shape index (κ3) is 3.07. The number of ether oxygens (including phenoxy) is 1. The molecule has 104 valence electrons. The second-order valence-electron chi connectivity index (χ2n) is 4.23. The maximum Gasteiger partial charge on any atom is 0.273 e. The number of aliphatic hydroxyl groups excluding tert-OH is 1. The van der Waals surface area contributed by atoms with Crippen molar-refractivity contribution in [2.75, 3.05) is 0 Å². The minimum absolute atomic E-state index is 0.0569. The molecule has 0 aliphatic rings. The molecule has 0 atom stereocenters. The summed E-state index contributed by atoms with van der Waals surface area (Å²) in [6.45, 7) is 1.76. The molecule has 6 heteroatoms. The summed E-state index contributed by atoms with van der Waals surface area (Å²) in [6, 6.07) is 9.20. The minimum Gasteiger partial charge on any atom is -0.455 e. The molecule has 0 aliphatic carbocycles. The number of hydrogen-bond acceptors (Lipinski definition) is 4. The summed E-state index contributed by atoms with van der Waals surface area (Å²) in [5.74, 6) is 0.755. The van der Waals surface area contributed by atoms with Crippen LogP contribution in [0.15, 0.2) is 36.4 Å². The van der Waals surface area contributed by atoms with E-state index in [1.165, 1.54) is 18.2 Å². The van der Waals surface area contributed by atoms with Gasteiger partial charge in [0.1, 0.15) is 5.75 Å². The van der Waals surface area contributed by atoms with Crippen molar-refractivity contribution in [3.8, 4) is 11.5 Å². The van der Waals surface area contributed by atoms with Crippen LogP contribution in [0.25, 0.3) is 0 Å². The molecule has 0 aromatic heterocycles. The highest BCUT2D eigenvalue weighted by molar-refractivity contribution is 6.32. The predicted molar refractivity (Wildman–Crippen MR) is 75.3 cm³/mol. The van der Waals surface area contributed by atoms with Crippen molar-refractivity contribution in [2.45, 2.75) is 13.5 Å². The summed E-state index contributed by atoms with van der Waals surface area (Å²) in [4.78, 5) is 10.2. The Labute approximate surface area is 120 Å². The van der Waals surface area contributed by atoms with Gasteiger partial charge in [0.2, 0.25) is 0 Å². The van der Waals surface area contributed by atoms with Gasteiger partial charge in [-0.25, -0.2) is 0 Å². The number of aryl methyl sites for hydroxylation is 1. The Morgan fingerprint density at radius 1 is 1.25 bits per heavy atom. The smallest absolute Gasteiger partial charge is 0.273 e. The van der Waals surface area contributed by atoms with Crippen LogP contribution in [0, 0.1) is 17.0 Å². The highest BCUT2D eigenvalue weighted by Gasteiger charge is 2.12. The van der Waals surface area contributed by atoms with Gasteiger partial charge >= 0.3 is 0 Å². The molecular formula is C14H12ClNO4. The molecule has 0 spiro atoms. The second-order valence-corrected chi connectivity index (χ2v) is 4.64. The van der Waals surface area contributed by atoms with Crippen LogP contribution in [-0.2, 0) is 6.61 Å². The average Bonchev–Trinajstić information content (AvgIpc) is 2.42. The van der Waals surface area contributed by atoms with E-state index in [0.29, 0.717) is 10.8 Å². The topological polar surface area (TPSA) is 72.6 Å². The largest absolute Gasteiger partial charge is 0.455 e. The van der Waals surface area contributed by atoms with E-state index < -0.39 is 4.92 Å². The molecule has 20 heavy (non-hydrogen) atoms. The second kappa shape index (κ2) is 5.90. The fourth-order valence-corrected chi connectivity index (χ4v) is 1.88. The number of aliphatic hydroxyl groups is 1. The normalized spacial score (nSPS) is 10.3. The first-order valence-electron chi connectivity index (χ1n) is 5.83. The summed E-state index contributed by atoms with van der Waals surface area (Å²) in [7, 11) is 0. The van der Waals surface area contributed by atoms with Crippen molar-refractivity contribution in [1.82, 2.24) is 0 Å². The van der Waals surface area contributed by atoms with E-state index in [1.54, 1.807) is 18.2 Å². The summed E-state index contributed by atoms with van der Waals surface area (Å²) < 4.78 is 5.61. The lowest BCUT2D eigenvalue weighted by Crippen LogP contribution is -1.93. The van der Waals surface area contributed by atoms with Crippen LogP contribution in [0.3, 0.4) is 0 Å². The quantitative estimate of drug-likeness (QED) is 0.686. The first-order chi connectivity index (χ1) is 9.51. The molecule has 0 aliphatic heterocycles. The lowest BCUT2D eigenvalue weighted by atomic mass is 10.1. The van der Waals surface area contributed by atoms with Crippen LogP contribution in [0.4, 0.5) is 5.69 Å². The zero-order valence-corrected chi connectivity index (χ0v) is 11.4. The summed E-state index contributed by atoms with van der Waals surface area (Å²) in [5, 5.41) is 20.1. The molecule has 2 rings (SSSR count). The highest BCUT2D eigenvalue weighted by atomic mass is 35.5. The third-order valence-corrected chi connectivity index (χ3v) is 3.08. The average molecular weight is 294 g/mol. The van der Waals surface area contributed by atoms with E-state index in [4.69, 9.17) is 21.4 Å². The van der Waals surface area contributed by atoms with Gasteiger partial charge in [-0.15, -0.1) is 0 Å². The molecule has 0 fully saturated rings. The number of hydrogen-bond donors (Lipinski definition) is 1. The maximum absolute atomic E-state index is 10.7. The van der Waals surface area contributed by atoms with Gasteiger partial charge in [-0.2, -0.15) is 0 Å². The highest BCUT2D eigenvalue weighted by Crippen LogP contribution is 2.34. The van der Waals surface area contributed by atoms with E-state index in [0.717, 1.165) is 11.1 Å². The van der Waals surface area contributed by atoms with Crippen LogP contribution >= 0.6 is 11.6 Å². The van der Waals surface area contributed by atoms with Crippen molar-refractivity contribution < 1.29 is 14.8 Å². The SMILES string of the molecule is Cc1cc(CO)ccc1Oc1cc([N+](=O)[O-])ccc1Cl. The van der Waals surface area contributed by atoms with Gasteiger partial charge in [-0.3, -0.25) is 10.1 Å². The van der Waals surface area contributed by atoms with Crippen LogP contribution in [0.5, 0.6) is 11.5 Å². The third-order valence-electron chi connectivity index (χ3n) is 2.77. The fourth-order valence-electron chi connectivity index (χ4n) is 1.73. The van der Waals surface area contributed by atoms with Crippen molar-refractivity contribution >= 4 is 17.3 Å². The molecule has 0 saturated heterocycles. The number of rotatable bonds is 4. The molecule has 1 N–H and O–H groups in total. The Hall–Kier alpha value is -2.11. The molecule has 0 unspecified atom stereocenters. The number of halogens is 1. The Bertz CT molecular complexity index is 658. The Morgan fingerprint density at radius 3 is 2.60 bits per heavy atom. The lowest BCUT2D eigenvalue weighted by molar-refractivity contribution is -0.384. The molecule has 5 nitrogen and oxygen atoms in total. The van der Waals surface area contributed by atoms with Crippen molar-refractivity contribution in [3.63, 3.8) is 0 Å². The van der Waals surface area contributed by atoms with E-state index in [9.17, 15) is 10.1 Å². The number of non-ortho nitro benzene ring substituents is 1. The van der Waals surface area contributed by atoms with E-state index in [-0.39, 0.29) is 18.0 Å². The molecule has 0 radical (unpaired) electrons. The van der Waals surface area contributed by atoms with E-state index >= 15 is 0 Å². The molecule has 0 bridgehead atoms. The van der Waals surface area contributed by atoms with Gasteiger partial charge in [-0.05, 0) is 30.2 Å². The van der Waals surface area contributed by atoms with Gasteiger partial charge in [0.15, 0.2) is 5.75 Å².